The molecule has 2 aromatic heterocycles. The summed E-state index contributed by atoms with van der Waals surface area (Å²) < 4.78 is 12.1. The van der Waals surface area contributed by atoms with Crippen LogP contribution in [0.1, 0.15) is 11.3 Å². The van der Waals surface area contributed by atoms with Gasteiger partial charge >= 0.3 is 0 Å². The van der Waals surface area contributed by atoms with E-state index in [4.69, 9.17) is 9.15 Å². The number of nitrogens with zero attached hydrogens (tertiary/aromatic N) is 4. The minimum absolute atomic E-state index is 0.132. The highest BCUT2D eigenvalue weighted by Gasteiger charge is 2.15. The molecule has 0 aliphatic rings. The number of furan rings is 1. The Morgan fingerprint density at radius 2 is 2.28 bits per heavy atom. The first kappa shape index (κ1) is 17.0. The highest BCUT2D eigenvalue weighted by atomic mass is 32.2. The van der Waals surface area contributed by atoms with Gasteiger partial charge in [0.1, 0.15) is 17.2 Å². The molecule has 9 heteroatoms. The number of nitrogens with one attached hydrogen (secondary N) is 1. The van der Waals surface area contributed by atoms with Crippen LogP contribution in [0, 0.1) is 6.92 Å². The second kappa shape index (κ2) is 7.84. The van der Waals surface area contributed by atoms with Crippen LogP contribution in [0.4, 0.5) is 0 Å². The number of carbonyl (C=O) groups excluding carboxylic acids is 1. The molecule has 1 amide bonds. The van der Waals surface area contributed by atoms with Crippen molar-refractivity contribution in [2.45, 2.75) is 18.6 Å². The van der Waals surface area contributed by atoms with Gasteiger partial charge in [0.05, 0.1) is 25.7 Å². The predicted octanol–water partition coefficient (Wildman–Crippen LogP) is 1.98. The molecular weight excluding hydrogens is 342 g/mol. The molecule has 3 rings (SSSR count). The van der Waals surface area contributed by atoms with Gasteiger partial charge in [-0.15, -0.1) is 5.10 Å². The van der Waals surface area contributed by atoms with E-state index in [1.807, 2.05) is 25.1 Å². The van der Waals surface area contributed by atoms with Crippen LogP contribution in [0.5, 0.6) is 5.75 Å². The lowest BCUT2D eigenvalue weighted by atomic mass is 10.2. The molecule has 0 aliphatic carbocycles. The van der Waals surface area contributed by atoms with E-state index in [1.54, 1.807) is 30.2 Å². The lowest BCUT2D eigenvalue weighted by molar-refractivity contribution is -0.118. The fourth-order valence-corrected chi connectivity index (χ4v) is 2.88. The van der Waals surface area contributed by atoms with Crippen molar-refractivity contribution in [3.63, 3.8) is 0 Å². The van der Waals surface area contributed by atoms with Crippen molar-refractivity contribution in [1.82, 2.24) is 25.5 Å². The van der Waals surface area contributed by atoms with E-state index >= 15 is 0 Å². The minimum atomic E-state index is -0.132. The second-order valence-corrected chi connectivity index (χ2v) is 6.14. The molecule has 8 nitrogen and oxygen atoms in total. The van der Waals surface area contributed by atoms with Crippen molar-refractivity contribution in [3.8, 4) is 11.4 Å². The van der Waals surface area contributed by atoms with Gasteiger partial charge < -0.3 is 14.5 Å². The van der Waals surface area contributed by atoms with Crippen molar-refractivity contribution < 1.29 is 13.9 Å². The average molecular weight is 359 g/mol. The number of carbonyl (C=O) groups is 1. The van der Waals surface area contributed by atoms with E-state index in [0.717, 1.165) is 11.3 Å². The third kappa shape index (κ3) is 4.18. The van der Waals surface area contributed by atoms with Crippen LogP contribution in [-0.4, -0.2) is 39.0 Å². The molecule has 0 atom stereocenters. The number of ether oxygens (including phenoxy) is 1. The maximum absolute atomic E-state index is 12.0. The molecule has 0 bridgehead atoms. The van der Waals surface area contributed by atoms with Gasteiger partial charge in [0, 0.05) is 0 Å². The van der Waals surface area contributed by atoms with E-state index in [-0.39, 0.29) is 11.7 Å². The molecule has 0 radical (unpaired) electrons. The summed E-state index contributed by atoms with van der Waals surface area (Å²) in [4.78, 5) is 12.0. The molecule has 2 heterocycles. The summed E-state index contributed by atoms with van der Waals surface area (Å²) in [5.41, 5.74) is 1.78. The van der Waals surface area contributed by atoms with Crippen LogP contribution in [-0.2, 0) is 11.3 Å². The summed E-state index contributed by atoms with van der Waals surface area (Å²) in [6, 6.07) is 9.31. The first-order valence-electron chi connectivity index (χ1n) is 7.52. The highest BCUT2D eigenvalue weighted by molar-refractivity contribution is 7.99. The Bertz CT molecular complexity index is 847. The SMILES string of the molecule is COc1ccc(C)cc1-n1nnnc1SCC(=O)NCc1ccco1. The van der Waals surface area contributed by atoms with Crippen LogP contribution in [0.2, 0.25) is 0 Å². The molecule has 0 aliphatic heterocycles. The number of benzene rings is 1. The topological polar surface area (TPSA) is 95.1 Å². The summed E-state index contributed by atoms with van der Waals surface area (Å²) in [6.45, 7) is 2.32. The number of rotatable bonds is 7. The van der Waals surface area contributed by atoms with Crippen molar-refractivity contribution in [2.75, 3.05) is 12.9 Å². The zero-order chi connectivity index (χ0) is 17.6. The molecule has 0 fully saturated rings. The first-order valence-corrected chi connectivity index (χ1v) is 8.51. The fourth-order valence-electron chi connectivity index (χ4n) is 2.17. The standard InChI is InChI=1S/C16H17N5O3S/c1-11-5-6-14(23-2)13(8-11)21-16(18-19-20-21)25-10-15(22)17-9-12-4-3-7-24-12/h3-8H,9-10H2,1-2H3,(H,17,22). The molecule has 0 saturated heterocycles. The number of methoxy groups -OCH3 is 1. The fraction of sp³-hybridized carbons (Fsp3) is 0.250. The first-order chi connectivity index (χ1) is 12.2. The van der Waals surface area contributed by atoms with Gasteiger partial charge in [0.25, 0.3) is 0 Å². The van der Waals surface area contributed by atoms with E-state index < -0.39 is 0 Å². The molecule has 130 valence electrons. The van der Waals surface area contributed by atoms with Crippen LogP contribution in [0.15, 0.2) is 46.2 Å². The Morgan fingerprint density at radius 3 is 3.04 bits per heavy atom. The Kier molecular flexibility index (Phi) is 5.34. The Hall–Kier alpha value is -2.81. The average Bonchev–Trinajstić information content (AvgIpc) is 3.29. The summed E-state index contributed by atoms with van der Waals surface area (Å²) >= 11 is 1.25. The van der Waals surface area contributed by atoms with E-state index in [2.05, 4.69) is 20.8 Å². The van der Waals surface area contributed by atoms with Gasteiger partial charge in [0.2, 0.25) is 11.1 Å². The summed E-state index contributed by atoms with van der Waals surface area (Å²) in [7, 11) is 1.59. The quantitative estimate of drug-likeness (QED) is 0.645. The maximum Gasteiger partial charge on any atom is 0.230 e. The Labute approximate surface area is 148 Å². The third-order valence-electron chi connectivity index (χ3n) is 3.38. The number of amides is 1. The van der Waals surface area contributed by atoms with Gasteiger partial charge in [-0.3, -0.25) is 4.79 Å². The number of aromatic nitrogens is 4. The lowest BCUT2D eigenvalue weighted by Gasteiger charge is -2.10. The van der Waals surface area contributed by atoms with Gasteiger partial charge in [-0.1, -0.05) is 17.8 Å². The van der Waals surface area contributed by atoms with Gasteiger partial charge in [-0.2, -0.15) is 4.68 Å². The largest absolute Gasteiger partial charge is 0.494 e. The summed E-state index contributed by atoms with van der Waals surface area (Å²) in [5.74, 6) is 1.41. The predicted molar refractivity (Wildman–Crippen MR) is 91.7 cm³/mol. The molecular formula is C16H17N5O3S. The maximum atomic E-state index is 12.0. The summed E-state index contributed by atoms with van der Waals surface area (Å²) in [6.07, 6.45) is 1.57. The van der Waals surface area contributed by atoms with Gasteiger partial charge in [0.15, 0.2) is 0 Å². The number of aryl methyl sites for hydroxylation is 1. The zero-order valence-corrected chi connectivity index (χ0v) is 14.6. The molecule has 1 N–H and O–H groups in total. The molecule has 0 unspecified atom stereocenters. The zero-order valence-electron chi connectivity index (χ0n) is 13.8. The summed E-state index contributed by atoms with van der Waals surface area (Å²) in [5, 5.41) is 15.0. The second-order valence-electron chi connectivity index (χ2n) is 5.19. The normalized spacial score (nSPS) is 10.6. The van der Waals surface area contributed by atoms with Crippen molar-refractivity contribution >= 4 is 17.7 Å². The number of tetrazole rings is 1. The van der Waals surface area contributed by atoms with Crippen molar-refractivity contribution in [1.29, 1.82) is 0 Å². The van der Waals surface area contributed by atoms with Crippen LogP contribution in [0.25, 0.3) is 5.69 Å². The van der Waals surface area contributed by atoms with Crippen molar-refractivity contribution in [3.05, 3.63) is 47.9 Å². The third-order valence-corrected chi connectivity index (χ3v) is 4.30. The number of hydrogen-bond acceptors (Lipinski definition) is 7. The monoisotopic (exact) mass is 359 g/mol. The molecule has 0 spiro atoms. The van der Waals surface area contributed by atoms with Crippen LogP contribution < -0.4 is 10.1 Å². The molecule has 3 aromatic rings. The molecule has 1 aromatic carbocycles. The smallest absolute Gasteiger partial charge is 0.230 e. The van der Waals surface area contributed by atoms with Crippen LogP contribution >= 0.6 is 11.8 Å². The van der Waals surface area contributed by atoms with Crippen LogP contribution in [0.3, 0.4) is 0 Å². The van der Waals surface area contributed by atoms with Gasteiger partial charge in [-0.25, -0.2) is 0 Å². The van der Waals surface area contributed by atoms with E-state index in [9.17, 15) is 4.79 Å². The van der Waals surface area contributed by atoms with E-state index in [1.165, 1.54) is 11.8 Å². The lowest BCUT2D eigenvalue weighted by Crippen LogP contribution is -2.24. The number of thioether (sulfide) groups is 1. The van der Waals surface area contributed by atoms with Crippen molar-refractivity contribution in [2.24, 2.45) is 0 Å². The minimum Gasteiger partial charge on any atom is -0.494 e. The Balaban J connectivity index is 1.66. The molecule has 0 saturated carbocycles. The van der Waals surface area contributed by atoms with Gasteiger partial charge in [-0.05, 0) is 47.2 Å². The Morgan fingerprint density at radius 1 is 1.40 bits per heavy atom. The highest BCUT2D eigenvalue weighted by Crippen LogP contribution is 2.26. The van der Waals surface area contributed by atoms with E-state index in [0.29, 0.717) is 23.2 Å². The number of hydrogen-bond donors (Lipinski definition) is 1. The molecule has 25 heavy (non-hydrogen) atoms.